The first kappa shape index (κ1) is 8.97. The topological polar surface area (TPSA) is 18.5 Å². The molecule has 2 nitrogen and oxygen atoms in total. The number of hydrogen-bond acceptors (Lipinski definition) is 2. The quantitative estimate of drug-likeness (QED) is 0.612. The van der Waals surface area contributed by atoms with Crippen LogP contribution >= 0.6 is 0 Å². The zero-order valence-corrected chi connectivity index (χ0v) is 8.19. The number of methoxy groups -OCH3 is 2. The summed E-state index contributed by atoms with van der Waals surface area (Å²) in [7, 11) is 3.52. The second-order valence-electron chi connectivity index (χ2n) is 3.92. The summed E-state index contributed by atoms with van der Waals surface area (Å²) in [5.74, 6) is 1.02. The number of rotatable bonds is 4. The van der Waals surface area contributed by atoms with Crippen molar-refractivity contribution in [3.63, 3.8) is 0 Å². The summed E-state index contributed by atoms with van der Waals surface area (Å²) in [4.78, 5) is 0. The minimum Gasteiger partial charge on any atom is -0.384 e. The van der Waals surface area contributed by atoms with Gasteiger partial charge in [-0.3, -0.25) is 0 Å². The van der Waals surface area contributed by atoms with E-state index in [9.17, 15) is 0 Å². The molecule has 0 N–H and O–H groups in total. The fourth-order valence-corrected chi connectivity index (χ4v) is 2.56. The van der Waals surface area contributed by atoms with Crippen LogP contribution in [-0.4, -0.2) is 27.4 Å². The molecule has 0 saturated heterocycles. The van der Waals surface area contributed by atoms with E-state index in [0.29, 0.717) is 11.8 Å². The van der Waals surface area contributed by atoms with Gasteiger partial charge in [-0.1, -0.05) is 24.3 Å². The van der Waals surface area contributed by atoms with Crippen molar-refractivity contribution >= 4 is 0 Å². The van der Waals surface area contributed by atoms with Crippen molar-refractivity contribution < 1.29 is 9.47 Å². The van der Waals surface area contributed by atoms with Crippen molar-refractivity contribution in [3.8, 4) is 0 Å². The molecule has 2 aliphatic rings. The van der Waals surface area contributed by atoms with E-state index in [4.69, 9.17) is 9.47 Å². The standard InChI is InChI=1S/C11H16O2/c1-12-7-11(8-13-2)9-3-4-10(11)6-5-9/h3-6,9-10H,7-8H2,1-2H3. The maximum Gasteiger partial charge on any atom is 0.0558 e. The zero-order chi connectivity index (χ0) is 9.31. The molecule has 0 aromatic rings. The minimum absolute atomic E-state index is 0.156. The van der Waals surface area contributed by atoms with Crippen LogP contribution < -0.4 is 0 Å². The summed E-state index contributed by atoms with van der Waals surface area (Å²) in [5.41, 5.74) is 0.156. The monoisotopic (exact) mass is 180 g/mol. The molecule has 0 unspecified atom stereocenters. The van der Waals surface area contributed by atoms with Gasteiger partial charge < -0.3 is 9.47 Å². The lowest BCUT2D eigenvalue weighted by atomic mass is 9.77. The smallest absolute Gasteiger partial charge is 0.0558 e. The predicted molar refractivity (Wildman–Crippen MR) is 51.4 cm³/mol. The molecule has 2 heteroatoms. The van der Waals surface area contributed by atoms with E-state index in [0.717, 1.165) is 13.2 Å². The molecule has 0 aromatic carbocycles. The normalized spacial score (nSPS) is 33.1. The van der Waals surface area contributed by atoms with E-state index in [1.54, 1.807) is 14.2 Å². The van der Waals surface area contributed by atoms with E-state index < -0.39 is 0 Å². The summed E-state index contributed by atoms with van der Waals surface area (Å²) >= 11 is 0. The molecule has 0 aromatic heterocycles. The molecule has 0 aliphatic heterocycles. The number of fused-ring (bicyclic) bond motifs is 2. The Balaban J connectivity index is 2.17. The highest BCUT2D eigenvalue weighted by molar-refractivity contribution is 5.30. The largest absolute Gasteiger partial charge is 0.384 e. The molecule has 0 spiro atoms. The average molecular weight is 180 g/mol. The van der Waals surface area contributed by atoms with E-state index in [2.05, 4.69) is 24.3 Å². The van der Waals surface area contributed by atoms with Crippen LogP contribution in [0.4, 0.5) is 0 Å². The maximum absolute atomic E-state index is 5.30. The van der Waals surface area contributed by atoms with Crippen molar-refractivity contribution in [2.45, 2.75) is 0 Å². The van der Waals surface area contributed by atoms with Gasteiger partial charge in [-0.25, -0.2) is 0 Å². The molecule has 2 bridgehead atoms. The fraction of sp³-hybridized carbons (Fsp3) is 0.636. The first-order valence-corrected chi connectivity index (χ1v) is 4.68. The van der Waals surface area contributed by atoms with Crippen LogP contribution in [0, 0.1) is 17.3 Å². The fourth-order valence-electron chi connectivity index (χ4n) is 2.56. The second-order valence-corrected chi connectivity index (χ2v) is 3.92. The van der Waals surface area contributed by atoms with Crippen molar-refractivity contribution in [2.24, 2.45) is 17.3 Å². The Morgan fingerprint density at radius 3 is 1.62 bits per heavy atom. The molecule has 72 valence electrons. The lowest BCUT2D eigenvalue weighted by molar-refractivity contribution is -0.00937. The van der Waals surface area contributed by atoms with Crippen LogP contribution in [0.2, 0.25) is 0 Å². The van der Waals surface area contributed by atoms with Gasteiger partial charge in [-0.05, 0) is 0 Å². The van der Waals surface area contributed by atoms with Gasteiger partial charge in [-0.15, -0.1) is 0 Å². The van der Waals surface area contributed by atoms with Crippen LogP contribution in [-0.2, 0) is 9.47 Å². The summed E-state index contributed by atoms with van der Waals surface area (Å²) < 4.78 is 10.6. The van der Waals surface area contributed by atoms with Gasteiger partial charge >= 0.3 is 0 Å². The molecule has 0 amide bonds. The Labute approximate surface area is 79.2 Å². The Bertz CT molecular complexity index is 204. The maximum atomic E-state index is 5.30. The summed E-state index contributed by atoms with van der Waals surface area (Å²) in [6, 6.07) is 0. The van der Waals surface area contributed by atoms with Crippen LogP contribution in [0.1, 0.15) is 0 Å². The molecule has 2 rings (SSSR count). The third kappa shape index (κ3) is 1.17. The number of allylic oxidation sites excluding steroid dienone is 4. The Hall–Kier alpha value is -0.600. The van der Waals surface area contributed by atoms with Crippen molar-refractivity contribution in [1.29, 1.82) is 0 Å². The molecule has 0 radical (unpaired) electrons. The van der Waals surface area contributed by atoms with Gasteiger partial charge in [0.1, 0.15) is 0 Å². The highest BCUT2D eigenvalue weighted by Crippen LogP contribution is 2.49. The lowest BCUT2D eigenvalue weighted by Gasteiger charge is -2.33. The Morgan fingerprint density at radius 1 is 0.923 bits per heavy atom. The van der Waals surface area contributed by atoms with Crippen LogP contribution in [0.25, 0.3) is 0 Å². The van der Waals surface area contributed by atoms with Crippen LogP contribution in [0.3, 0.4) is 0 Å². The van der Waals surface area contributed by atoms with E-state index in [-0.39, 0.29) is 5.41 Å². The lowest BCUT2D eigenvalue weighted by Crippen LogP contribution is -2.37. The Morgan fingerprint density at radius 2 is 1.31 bits per heavy atom. The van der Waals surface area contributed by atoms with Crippen LogP contribution in [0.5, 0.6) is 0 Å². The summed E-state index contributed by atoms with van der Waals surface area (Å²) in [6.07, 6.45) is 9.07. The van der Waals surface area contributed by atoms with E-state index in [1.165, 1.54) is 0 Å². The molecular weight excluding hydrogens is 164 g/mol. The molecule has 2 aliphatic carbocycles. The second kappa shape index (κ2) is 3.28. The zero-order valence-electron chi connectivity index (χ0n) is 8.19. The van der Waals surface area contributed by atoms with Crippen molar-refractivity contribution in [1.82, 2.24) is 0 Å². The third-order valence-electron chi connectivity index (χ3n) is 3.21. The van der Waals surface area contributed by atoms with Crippen molar-refractivity contribution in [3.05, 3.63) is 24.3 Å². The SMILES string of the molecule is COCC1(COC)C2C=CC1C=C2. The van der Waals surface area contributed by atoms with E-state index in [1.807, 2.05) is 0 Å². The van der Waals surface area contributed by atoms with Gasteiger partial charge in [-0.2, -0.15) is 0 Å². The average Bonchev–Trinajstić information content (AvgIpc) is 2.63. The third-order valence-corrected chi connectivity index (χ3v) is 3.21. The van der Waals surface area contributed by atoms with Crippen molar-refractivity contribution in [2.75, 3.05) is 27.4 Å². The number of ether oxygens (including phenoxy) is 2. The summed E-state index contributed by atoms with van der Waals surface area (Å²) in [5, 5.41) is 0. The van der Waals surface area contributed by atoms with Crippen LogP contribution in [0.15, 0.2) is 24.3 Å². The number of hydrogen-bond donors (Lipinski definition) is 0. The van der Waals surface area contributed by atoms with Gasteiger partial charge in [0.15, 0.2) is 0 Å². The van der Waals surface area contributed by atoms with E-state index >= 15 is 0 Å². The molecule has 0 fully saturated rings. The molecule has 0 saturated carbocycles. The predicted octanol–water partition coefficient (Wildman–Crippen LogP) is 1.64. The minimum atomic E-state index is 0.156. The highest BCUT2D eigenvalue weighted by atomic mass is 16.5. The first-order chi connectivity index (χ1) is 6.33. The highest BCUT2D eigenvalue weighted by Gasteiger charge is 2.48. The summed E-state index contributed by atoms with van der Waals surface area (Å²) in [6.45, 7) is 1.55. The molecule has 0 atom stereocenters. The molecule has 0 heterocycles. The molecular formula is C11H16O2. The molecule has 13 heavy (non-hydrogen) atoms. The first-order valence-electron chi connectivity index (χ1n) is 4.68. The van der Waals surface area contributed by atoms with Gasteiger partial charge in [0, 0.05) is 31.5 Å². The van der Waals surface area contributed by atoms with Gasteiger partial charge in [0.05, 0.1) is 13.2 Å². The Kier molecular flexibility index (Phi) is 2.26. The van der Waals surface area contributed by atoms with Gasteiger partial charge in [0.2, 0.25) is 0 Å². The van der Waals surface area contributed by atoms with Gasteiger partial charge in [0.25, 0.3) is 0 Å².